The summed E-state index contributed by atoms with van der Waals surface area (Å²) in [7, 11) is 0. The fourth-order valence-corrected chi connectivity index (χ4v) is 2.35. The van der Waals surface area contributed by atoms with Crippen LogP contribution in [-0.2, 0) is 0 Å². The Morgan fingerprint density at radius 2 is 2.00 bits per heavy atom. The van der Waals surface area contributed by atoms with E-state index >= 15 is 0 Å². The summed E-state index contributed by atoms with van der Waals surface area (Å²) in [5, 5.41) is 0. The number of fused-ring (bicyclic) bond motifs is 1. The Kier molecular flexibility index (Phi) is 3.21. The van der Waals surface area contributed by atoms with E-state index in [1.54, 1.807) is 12.4 Å². The summed E-state index contributed by atoms with van der Waals surface area (Å²) in [6, 6.07) is 6.41. The summed E-state index contributed by atoms with van der Waals surface area (Å²) in [5.74, 6) is 6.60. The van der Waals surface area contributed by atoms with E-state index in [-0.39, 0.29) is 6.04 Å². The number of hydrazine groups is 1. The molecule has 0 saturated heterocycles. The maximum atomic E-state index is 5.67. The molecule has 0 bridgehead atoms. The highest BCUT2D eigenvalue weighted by molar-refractivity contribution is 5.74. The molecule has 1 aromatic heterocycles. The van der Waals surface area contributed by atoms with E-state index in [2.05, 4.69) is 27.5 Å². The molecule has 3 N–H and O–H groups in total. The summed E-state index contributed by atoms with van der Waals surface area (Å²) in [6.07, 6.45) is 8.57. The molecule has 0 radical (unpaired) electrons. The van der Waals surface area contributed by atoms with Gasteiger partial charge in [0.25, 0.3) is 0 Å². The summed E-state index contributed by atoms with van der Waals surface area (Å²) < 4.78 is 0. The fourth-order valence-electron chi connectivity index (χ4n) is 2.35. The first-order chi connectivity index (χ1) is 8.86. The maximum Gasteiger partial charge on any atom is 0.0890 e. The maximum absolute atomic E-state index is 5.67. The molecule has 3 rings (SSSR count). The molecule has 4 nitrogen and oxygen atoms in total. The van der Waals surface area contributed by atoms with E-state index in [1.807, 2.05) is 6.07 Å². The van der Waals surface area contributed by atoms with Crippen molar-refractivity contribution >= 4 is 11.0 Å². The van der Waals surface area contributed by atoms with Gasteiger partial charge in [0.1, 0.15) is 0 Å². The lowest BCUT2D eigenvalue weighted by Crippen LogP contribution is -2.28. The molecule has 0 amide bonds. The average Bonchev–Trinajstić information content (AvgIpc) is 3.23. The molecule has 0 aliphatic heterocycles. The summed E-state index contributed by atoms with van der Waals surface area (Å²) in [6.45, 7) is 0. The van der Waals surface area contributed by atoms with Crippen LogP contribution in [0.15, 0.2) is 30.6 Å². The minimum atomic E-state index is 0.219. The van der Waals surface area contributed by atoms with Gasteiger partial charge in [0.05, 0.1) is 11.0 Å². The highest BCUT2D eigenvalue weighted by atomic mass is 15.2. The standard InChI is InChI=1S/C14H18N4/c15-18-12(5-3-10-1-2-10)11-4-6-13-14(9-11)17-8-7-16-13/h4,6-10,12,18H,1-3,5,15H2. The molecule has 1 aromatic carbocycles. The number of aromatic nitrogens is 2. The second-order valence-electron chi connectivity index (χ2n) is 5.04. The number of rotatable bonds is 5. The van der Waals surface area contributed by atoms with Crippen molar-refractivity contribution in [2.45, 2.75) is 31.7 Å². The van der Waals surface area contributed by atoms with Gasteiger partial charge < -0.3 is 0 Å². The molecule has 4 heteroatoms. The van der Waals surface area contributed by atoms with Crippen LogP contribution in [0, 0.1) is 5.92 Å². The molecule has 94 valence electrons. The SMILES string of the molecule is NNC(CCC1CC1)c1ccc2nccnc2c1. The van der Waals surface area contributed by atoms with E-state index in [1.165, 1.54) is 24.8 Å². The minimum Gasteiger partial charge on any atom is -0.271 e. The molecule has 1 unspecified atom stereocenters. The Morgan fingerprint density at radius 3 is 2.72 bits per heavy atom. The Morgan fingerprint density at radius 1 is 1.22 bits per heavy atom. The predicted octanol–water partition coefficient (Wildman–Crippen LogP) is 2.32. The van der Waals surface area contributed by atoms with Crippen LogP contribution in [0.5, 0.6) is 0 Å². The van der Waals surface area contributed by atoms with Gasteiger partial charge in [0, 0.05) is 18.4 Å². The van der Waals surface area contributed by atoms with Crippen LogP contribution in [-0.4, -0.2) is 9.97 Å². The van der Waals surface area contributed by atoms with Crippen molar-refractivity contribution in [2.75, 3.05) is 0 Å². The Labute approximate surface area is 107 Å². The topological polar surface area (TPSA) is 63.8 Å². The van der Waals surface area contributed by atoms with E-state index in [4.69, 9.17) is 5.84 Å². The van der Waals surface area contributed by atoms with Gasteiger partial charge in [0.2, 0.25) is 0 Å². The Hall–Kier alpha value is -1.52. The average molecular weight is 242 g/mol. The number of nitrogens with zero attached hydrogens (tertiary/aromatic N) is 2. The van der Waals surface area contributed by atoms with Crippen LogP contribution in [0.3, 0.4) is 0 Å². The van der Waals surface area contributed by atoms with Gasteiger partial charge >= 0.3 is 0 Å². The van der Waals surface area contributed by atoms with Crippen molar-refractivity contribution in [3.8, 4) is 0 Å². The van der Waals surface area contributed by atoms with Gasteiger partial charge in [-0.1, -0.05) is 18.9 Å². The van der Waals surface area contributed by atoms with Crippen LogP contribution in [0.1, 0.15) is 37.3 Å². The number of benzene rings is 1. The Bertz CT molecular complexity index is 536. The molecular formula is C14H18N4. The molecule has 0 spiro atoms. The fraction of sp³-hybridized carbons (Fsp3) is 0.429. The molecule has 2 aromatic rings. The van der Waals surface area contributed by atoms with E-state index < -0.39 is 0 Å². The zero-order chi connectivity index (χ0) is 12.4. The first-order valence-electron chi connectivity index (χ1n) is 6.53. The molecule has 1 atom stereocenters. The van der Waals surface area contributed by atoms with Gasteiger partial charge in [0.15, 0.2) is 0 Å². The first-order valence-corrected chi connectivity index (χ1v) is 6.53. The predicted molar refractivity (Wildman–Crippen MR) is 71.6 cm³/mol. The second-order valence-corrected chi connectivity index (χ2v) is 5.04. The summed E-state index contributed by atoms with van der Waals surface area (Å²) in [4.78, 5) is 8.61. The third-order valence-electron chi connectivity index (χ3n) is 3.66. The van der Waals surface area contributed by atoms with Gasteiger partial charge in [-0.3, -0.25) is 21.2 Å². The third kappa shape index (κ3) is 2.49. The molecule has 1 aliphatic carbocycles. The van der Waals surface area contributed by atoms with Crippen LogP contribution < -0.4 is 11.3 Å². The lowest BCUT2D eigenvalue weighted by molar-refractivity contribution is 0.482. The largest absolute Gasteiger partial charge is 0.271 e. The highest BCUT2D eigenvalue weighted by Crippen LogP contribution is 2.35. The quantitative estimate of drug-likeness (QED) is 0.624. The van der Waals surface area contributed by atoms with Gasteiger partial charge in [-0.25, -0.2) is 0 Å². The van der Waals surface area contributed by atoms with E-state index in [0.717, 1.165) is 23.4 Å². The van der Waals surface area contributed by atoms with Crippen LogP contribution in [0.4, 0.5) is 0 Å². The number of nitrogens with two attached hydrogens (primary N) is 1. The third-order valence-corrected chi connectivity index (χ3v) is 3.66. The monoisotopic (exact) mass is 242 g/mol. The van der Waals surface area contributed by atoms with Crippen molar-refractivity contribution in [1.82, 2.24) is 15.4 Å². The first kappa shape index (κ1) is 11.6. The van der Waals surface area contributed by atoms with Gasteiger partial charge in [-0.05, 0) is 36.5 Å². The number of nitrogens with one attached hydrogen (secondary N) is 1. The second kappa shape index (κ2) is 5.00. The molecular weight excluding hydrogens is 224 g/mol. The normalized spacial score (nSPS) is 16.9. The van der Waals surface area contributed by atoms with E-state index in [9.17, 15) is 0 Å². The molecule has 1 heterocycles. The zero-order valence-corrected chi connectivity index (χ0v) is 10.3. The van der Waals surface area contributed by atoms with Crippen molar-refractivity contribution < 1.29 is 0 Å². The van der Waals surface area contributed by atoms with Crippen LogP contribution in [0.25, 0.3) is 11.0 Å². The molecule has 1 saturated carbocycles. The highest BCUT2D eigenvalue weighted by Gasteiger charge is 2.22. The summed E-state index contributed by atoms with van der Waals surface area (Å²) >= 11 is 0. The van der Waals surface area contributed by atoms with Gasteiger partial charge in [-0.2, -0.15) is 0 Å². The molecule has 1 fully saturated rings. The molecule has 18 heavy (non-hydrogen) atoms. The molecule has 1 aliphatic rings. The number of hydrogen-bond donors (Lipinski definition) is 2. The summed E-state index contributed by atoms with van der Waals surface area (Å²) in [5.41, 5.74) is 5.98. The Balaban J connectivity index is 1.81. The minimum absolute atomic E-state index is 0.219. The van der Waals surface area contributed by atoms with Crippen LogP contribution >= 0.6 is 0 Å². The number of hydrogen-bond acceptors (Lipinski definition) is 4. The van der Waals surface area contributed by atoms with Crippen molar-refractivity contribution in [1.29, 1.82) is 0 Å². The van der Waals surface area contributed by atoms with Gasteiger partial charge in [-0.15, -0.1) is 0 Å². The lowest BCUT2D eigenvalue weighted by atomic mass is 10.0. The zero-order valence-electron chi connectivity index (χ0n) is 10.3. The van der Waals surface area contributed by atoms with Crippen molar-refractivity contribution in [3.63, 3.8) is 0 Å². The van der Waals surface area contributed by atoms with Crippen LogP contribution in [0.2, 0.25) is 0 Å². The lowest BCUT2D eigenvalue weighted by Gasteiger charge is -2.16. The van der Waals surface area contributed by atoms with Crippen molar-refractivity contribution in [3.05, 3.63) is 36.2 Å². The van der Waals surface area contributed by atoms with E-state index in [0.29, 0.717) is 0 Å². The smallest absolute Gasteiger partial charge is 0.0890 e. The van der Waals surface area contributed by atoms with Crippen molar-refractivity contribution in [2.24, 2.45) is 11.8 Å².